The molecule has 0 aliphatic heterocycles. The Bertz CT molecular complexity index is 789. The van der Waals surface area contributed by atoms with Crippen LogP contribution in [0.1, 0.15) is 18.5 Å². The third-order valence-electron chi connectivity index (χ3n) is 3.61. The Kier molecular flexibility index (Phi) is 6.15. The first-order valence-electron chi connectivity index (χ1n) is 7.29. The summed E-state index contributed by atoms with van der Waals surface area (Å²) in [5.74, 6) is 1.16. The van der Waals surface area contributed by atoms with Gasteiger partial charge in [0.15, 0.2) is 11.5 Å². The minimum absolute atomic E-state index is 0.243. The van der Waals surface area contributed by atoms with Crippen molar-refractivity contribution in [3.05, 3.63) is 48.0 Å². The number of rotatable bonds is 7. The lowest BCUT2D eigenvalue weighted by Crippen LogP contribution is -2.26. The predicted octanol–water partition coefficient (Wildman–Crippen LogP) is 3.47. The first-order chi connectivity index (χ1) is 11.4. The van der Waals surface area contributed by atoms with Gasteiger partial charge in [-0.15, -0.1) is 11.8 Å². The molecule has 2 rings (SSSR count). The van der Waals surface area contributed by atoms with Gasteiger partial charge in [-0.2, -0.15) is 0 Å². The predicted molar refractivity (Wildman–Crippen MR) is 96.5 cm³/mol. The number of benzene rings is 2. The highest BCUT2D eigenvalue weighted by Crippen LogP contribution is 2.30. The minimum Gasteiger partial charge on any atom is -0.493 e. The van der Waals surface area contributed by atoms with Crippen molar-refractivity contribution in [2.45, 2.75) is 22.8 Å². The van der Waals surface area contributed by atoms with Crippen LogP contribution in [0.4, 0.5) is 0 Å². The van der Waals surface area contributed by atoms with Crippen molar-refractivity contribution in [3.63, 3.8) is 0 Å². The van der Waals surface area contributed by atoms with Gasteiger partial charge < -0.3 is 9.47 Å². The molecule has 0 radical (unpaired) electrons. The molecule has 0 heterocycles. The van der Waals surface area contributed by atoms with Crippen molar-refractivity contribution < 1.29 is 17.9 Å². The zero-order valence-corrected chi connectivity index (χ0v) is 15.7. The van der Waals surface area contributed by atoms with Crippen molar-refractivity contribution in [2.75, 3.05) is 20.5 Å². The van der Waals surface area contributed by atoms with Crippen LogP contribution in [0.15, 0.2) is 52.3 Å². The van der Waals surface area contributed by atoms with E-state index in [2.05, 4.69) is 4.72 Å². The smallest absolute Gasteiger partial charge is 0.241 e. The molecule has 0 aromatic heterocycles. The molecule has 130 valence electrons. The number of thioether (sulfide) groups is 1. The molecule has 5 nitrogen and oxygen atoms in total. The Balaban J connectivity index is 2.22. The summed E-state index contributed by atoms with van der Waals surface area (Å²) in [5, 5.41) is 0. The summed E-state index contributed by atoms with van der Waals surface area (Å²) in [5.41, 5.74) is 0.789. The molecule has 0 spiro atoms. The second-order valence-corrected chi connectivity index (χ2v) is 7.73. The summed E-state index contributed by atoms with van der Waals surface area (Å²) < 4.78 is 38.2. The van der Waals surface area contributed by atoms with E-state index in [4.69, 9.17) is 9.47 Å². The molecule has 0 amide bonds. The second kappa shape index (κ2) is 7.92. The van der Waals surface area contributed by atoms with Gasteiger partial charge in [0.05, 0.1) is 19.1 Å². The Hall–Kier alpha value is -1.70. The number of ether oxygens (including phenoxy) is 2. The van der Waals surface area contributed by atoms with E-state index in [0.717, 1.165) is 10.5 Å². The molecule has 0 unspecified atom stereocenters. The summed E-state index contributed by atoms with van der Waals surface area (Å²) in [4.78, 5) is 1.26. The highest BCUT2D eigenvalue weighted by atomic mass is 32.2. The summed E-state index contributed by atoms with van der Waals surface area (Å²) in [6, 6.07) is 11.7. The topological polar surface area (TPSA) is 64.6 Å². The van der Waals surface area contributed by atoms with Gasteiger partial charge in [-0.05, 0) is 55.1 Å². The molecule has 2 aromatic carbocycles. The van der Waals surface area contributed by atoms with Crippen LogP contribution in [0.25, 0.3) is 0 Å². The van der Waals surface area contributed by atoms with Crippen molar-refractivity contribution >= 4 is 21.8 Å². The zero-order valence-electron chi connectivity index (χ0n) is 14.1. The molecule has 0 saturated carbocycles. The van der Waals surface area contributed by atoms with Crippen LogP contribution in [0, 0.1) is 0 Å². The van der Waals surface area contributed by atoms with E-state index in [1.807, 2.05) is 12.3 Å². The van der Waals surface area contributed by atoms with Crippen molar-refractivity contribution in [1.29, 1.82) is 0 Å². The maximum absolute atomic E-state index is 12.5. The first-order valence-corrected chi connectivity index (χ1v) is 10.0. The largest absolute Gasteiger partial charge is 0.493 e. The van der Waals surface area contributed by atoms with Gasteiger partial charge in [0.25, 0.3) is 0 Å². The van der Waals surface area contributed by atoms with Crippen LogP contribution >= 0.6 is 11.8 Å². The average molecular weight is 367 g/mol. The number of nitrogens with one attached hydrogen (secondary N) is 1. The van der Waals surface area contributed by atoms with Crippen LogP contribution in [-0.4, -0.2) is 28.9 Å². The van der Waals surface area contributed by atoms with Gasteiger partial charge in [0, 0.05) is 10.9 Å². The second-order valence-electron chi connectivity index (χ2n) is 5.13. The van der Waals surface area contributed by atoms with Gasteiger partial charge in [0.1, 0.15) is 0 Å². The summed E-state index contributed by atoms with van der Waals surface area (Å²) in [6.07, 6.45) is 1.95. The molecule has 0 fully saturated rings. The Morgan fingerprint density at radius 3 is 2.17 bits per heavy atom. The van der Waals surface area contributed by atoms with E-state index in [9.17, 15) is 8.42 Å². The highest BCUT2D eigenvalue weighted by molar-refractivity contribution is 7.98. The molecule has 0 aliphatic rings. The Labute approximate surface area is 147 Å². The van der Waals surface area contributed by atoms with Crippen LogP contribution in [0.2, 0.25) is 0 Å². The fourth-order valence-electron chi connectivity index (χ4n) is 2.25. The number of sulfonamides is 1. The fourth-order valence-corrected chi connectivity index (χ4v) is 3.89. The van der Waals surface area contributed by atoms with Crippen LogP contribution in [-0.2, 0) is 10.0 Å². The molecular weight excluding hydrogens is 346 g/mol. The summed E-state index contributed by atoms with van der Waals surface area (Å²) in [6.45, 7) is 1.79. The summed E-state index contributed by atoms with van der Waals surface area (Å²) >= 11 is 1.57. The molecule has 1 atom stereocenters. The first kappa shape index (κ1) is 18.6. The van der Waals surface area contributed by atoms with Crippen molar-refractivity contribution in [3.8, 4) is 11.5 Å². The lowest BCUT2D eigenvalue weighted by molar-refractivity contribution is 0.354. The quantitative estimate of drug-likeness (QED) is 0.759. The number of hydrogen-bond acceptors (Lipinski definition) is 5. The van der Waals surface area contributed by atoms with Gasteiger partial charge in [-0.3, -0.25) is 0 Å². The normalized spacial score (nSPS) is 12.7. The van der Waals surface area contributed by atoms with Gasteiger partial charge >= 0.3 is 0 Å². The lowest BCUT2D eigenvalue weighted by Gasteiger charge is -2.17. The SMILES string of the molecule is COc1ccc([C@@H](C)NS(=O)(=O)c2ccc(SC)cc2)cc1OC. The van der Waals surface area contributed by atoms with E-state index in [0.29, 0.717) is 11.5 Å². The fraction of sp³-hybridized carbons (Fsp3) is 0.294. The van der Waals surface area contributed by atoms with E-state index in [-0.39, 0.29) is 4.90 Å². The van der Waals surface area contributed by atoms with Crippen LogP contribution in [0.5, 0.6) is 11.5 Å². The molecule has 0 saturated heterocycles. The minimum atomic E-state index is -3.60. The van der Waals surface area contributed by atoms with E-state index >= 15 is 0 Å². The van der Waals surface area contributed by atoms with Gasteiger partial charge in [-0.25, -0.2) is 13.1 Å². The Morgan fingerprint density at radius 2 is 1.62 bits per heavy atom. The maximum Gasteiger partial charge on any atom is 0.241 e. The van der Waals surface area contributed by atoms with Crippen molar-refractivity contribution in [2.24, 2.45) is 0 Å². The monoisotopic (exact) mass is 367 g/mol. The molecule has 24 heavy (non-hydrogen) atoms. The van der Waals surface area contributed by atoms with Crippen molar-refractivity contribution in [1.82, 2.24) is 4.72 Å². The van der Waals surface area contributed by atoms with E-state index in [1.165, 1.54) is 0 Å². The number of methoxy groups -OCH3 is 2. The number of hydrogen-bond donors (Lipinski definition) is 1. The van der Waals surface area contributed by atoms with Gasteiger partial charge in [0.2, 0.25) is 10.0 Å². The third-order valence-corrected chi connectivity index (χ3v) is 5.91. The van der Waals surface area contributed by atoms with E-state index in [1.54, 1.807) is 69.3 Å². The van der Waals surface area contributed by atoms with E-state index < -0.39 is 16.1 Å². The Morgan fingerprint density at radius 1 is 1.00 bits per heavy atom. The molecule has 1 N–H and O–H groups in total. The summed E-state index contributed by atoms with van der Waals surface area (Å²) in [7, 11) is -0.496. The van der Waals surface area contributed by atoms with Crippen LogP contribution in [0.3, 0.4) is 0 Å². The highest BCUT2D eigenvalue weighted by Gasteiger charge is 2.19. The molecule has 7 heteroatoms. The molecule has 2 aromatic rings. The van der Waals surface area contributed by atoms with Crippen LogP contribution < -0.4 is 14.2 Å². The molecular formula is C17H21NO4S2. The standard InChI is InChI=1S/C17H21NO4S2/c1-12(13-5-10-16(21-2)17(11-13)22-3)18-24(19,20)15-8-6-14(23-4)7-9-15/h5-12,18H,1-4H3/t12-/m1/s1. The maximum atomic E-state index is 12.5. The van der Waals surface area contributed by atoms with Gasteiger partial charge in [-0.1, -0.05) is 6.07 Å². The zero-order chi connectivity index (χ0) is 17.7. The lowest BCUT2D eigenvalue weighted by atomic mass is 10.1. The molecule has 0 aliphatic carbocycles. The molecule has 0 bridgehead atoms. The third kappa shape index (κ3) is 4.23. The average Bonchev–Trinajstić information content (AvgIpc) is 2.60.